The summed E-state index contributed by atoms with van der Waals surface area (Å²) in [6, 6.07) is 6.76. The number of hydrogen-bond acceptors (Lipinski definition) is 6. The molecule has 3 aliphatic rings. The highest BCUT2D eigenvalue weighted by atomic mass is 16.3. The van der Waals surface area contributed by atoms with Crippen LogP contribution in [-0.2, 0) is 4.79 Å². The Balaban J connectivity index is 1.19. The summed E-state index contributed by atoms with van der Waals surface area (Å²) < 4.78 is 0. The first-order valence-corrected chi connectivity index (χ1v) is 16.5. The average molecular weight is 569 g/mol. The molecule has 0 saturated heterocycles. The van der Waals surface area contributed by atoms with Gasteiger partial charge in [0.25, 0.3) is 0 Å². The van der Waals surface area contributed by atoms with E-state index in [1.165, 1.54) is 80.2 Å². The van der Waals surface area contributed by atoms with Crippen molar-refractivity contribution in [3.63, 3.8) is 0 Å². The lowest BCUT2D eigenvalue weighted by molar-refractivity contribution is -0.118. The quantitative estimate of drug-likeness (QED) is 0.147. The van der Waals surface area contributed by atoms with Gasteiger partial charge in [0, 0.05) is 37.2 Å². The molecule has 0 aromatic heterocycles. The number of benzene rings is 1. The van der Waals surface area contributed by atoms with Crippen molar-refractivity contribution in [2.24, 2.45) is 23.3 Å². The van der Waals surface area contributed by atoms with Crippen molar-refractivity contribution in [3.8, 4) is 0 Å². The van der Waals surface area contributed by atoms with Crippen LogP contribution in [-0.4, -0.2) is 66.0 Å². The molecule has 0 spiro atoms. The first kappa shape index (κ1) is 32.0. The standard InChI is InChI=1S/C34H56N4O3/c1-38-22-25(19-28-27-13-11-14-30-34(27)26(21-37-30)20-31(28)38)18-24(16-17-33(36)41)12-9-7-5-3-2-4-6-8-10-15-32(40)29(35)23-39/h11,13-14,19,24-26,29,31-32,37,39-40H,2-10,12,15-18,20-23,35H2,1H3,(H2,36,41)/t24?,25-,26?,29?,31-,32?/m1/s1. The van der Waals surface area contributed by atoms with E-state index in [2.05, 4.69) is 41.5 Å². The molecule has 0 fully saturated rings. The molecular weight excluding hydrogens is 512 g/mol. The van der Waals surface area contributed by atoms with Gasteiger partial charge in [-0.2, -0.15) is 0 Å². The lowest BCUT2D eigenvalue weighted by Gasteiger charge is -2.43. The Bertz CT molecular complexity index is 998. The molecular formula is C34H56N4O3. The number of nitrogens with zero attached hydrogens (tertiary/aromatic N) is 1. The summed E-state index contributed by atoms with van der Waals surface area (Å²) in [6.45, 7) is 2.01. The van der Waals surface area contributed by atoms with Crippen molar-refractivity contribution < 1.29 is 15.0 Å². The first-order valence-electron chi connectivity index (χ1n) is 16.5. The molecule has 4 rings (SSSR count). The van der Waals surface area contributed by atoms with Gasteiger partial charge in [0.2, 0.25) is 5.91 Å². The molecule has 7 nitrogen and oxygen atoms in total. The summed E-state index contributed by atoms with van der Waals surface area (Å²) in [6.07, 6.45) is 18.5. The fourth-order valence-electron chi connectivity index (χ4n) is 7.60. The minimum atomic E-state index is -0.587. The van der Waals surface area contributed by atoms with Gasteiger partial charge < -0.3 is 27.0 Å². The zero-order valence-electron chi connectivity index (χ0n) is 25.4. The number of nitrogens with two attached hydrogens (primary N) is 2. The van der Waals surface area contributed by atoms with Crippen LogP contribution in [0, 0.1) is 11.8 Å². The maximum absolute atomic E-state index is 11.6. The fraction of sp³-hybridized carbons (Fsp3) is 0.735. The molecule has 1 aliphatic carbocycles. The van der Waals surface area contributed by atoms with Crippen LogP contribution >= 0.6 is 0 Å². The minimum Gasteiger partial charge on any atom is -0.395 e. The van der Waals surface area contributed by atoms with Crippen LogP contribution in [0.4, 0.5) is 5.69 Å². The number of carbonyl (C=O) groups is 1. The lowest BCUT2D eigenvalue weighted by atomic mass is 9.73. The minimum absolute atomic E-state index is 0.155. The van der Waals surface area contributed by atoms with Gasteiger partial charge in [-0.05, 0) is 67.3 Å². The van der Waals surface area contributed by atoms with Gasteiger partial charge in [0.15, 0.2) is 0 Å². The van der Waals surface area contributed by atoms with Gasteiger partial charge in [-0.15, -0.1) is 0 Å². The van der Waals surface area contributed by atoms with E-state index in [1.807, 2.05) is 0 Å². The average Bonchev–Trinajstić information content (AvgIpc) is 3.38. The Morgan fingerprint density at radius 3 is 2.41 bits per heavy atom. The maximum Gasteiger partial charge on any atom is 0.217 e. The van der Waals surface area contributed by atoms with Gasteiger partial charge in [0.1, 0.15) is 0 Å². The maximum atomic E-state index is 11.6. The lowest BCUT2D eigenvalue weighted by Crippen LogP contribution is -2.43. The summed E-state index contributed by atoms with van der Waals surface area (Å²) in [5.41, 5.74) is 17.1. The highest BCUT2D eigenvalue weighted by Crippen LogP contribution is 2.48. The monoisotopic (exact) mass is 568 g/mol. The number of hydrogen-bond donors (Lipinski definition) is 5. The van der Waals surface area contributed by atoms with Crippen molar-refractivity contribution >= 4 is 17.2 Å². The fourth-order valence-corrected chi connectivity index (χ4v) is 7.60. The molecule has 1 aromatic rings. The topological polar surface area (TPSA) is 125 Å². The van der Waals surface area contributed by atoms with Crippen LogP contribution in [0.15, 0.2) is 24.3 Å². The molecule has 0 radical (unpaired) electrons. The number of amides is 1. The largest absolute Gasteiger partial charge is 0.395 e. The number of aliphatic hydroxyl groups is 2. The van der Waals surface area contributed by atoms with Crippen molar-refractivity contribution in [2.45, 2.75) is 120 Å². The van der Waals surface area contributed by atoms with Crippen LogP contribution in [0.25, 0.3) is 5.57 Å². The molecule has 2 heterocycles. The molecule has 0 bridgehead atoms. The number of aliphatic hydroxyl groups excluding tert-OH is 2. The van der Waals surface area contributed by atoms with Gasteiger partial charge in [-0.3, -0.25) is 9.69 Å². The second-order valence-corrected chi connectivity index (χ2v) is 13.2. The Morgan fingerprint density at radius 2 is 1.73 bits per heavy atom. The molecule has 230 valence electrons. The number of anilines is 1. The summed E-state index contributed by atoms with van der Waals surface area (Å²) in [5.74, 6) is 1.52. The summed E-state index contributed by atoms with van der Waals surface area (Å²) in [4.78, 5) is 14.2. The normalized spacial score (nSPS) is 23.7. The van der Waals surface area contributed by atoms with Crippen LogP contribution in [0.5, 0.6) is 0 Å². The second kappa shape index (κ2) is 16.1. The highest BCUT2D eigenvalue weighted by Gasteiger charge is 2.39. The summed E-state index contributed by atoms with van der Waals surface area (Å²) >= 11 is 0. The van der Waals surface area contributed by atoms with Gasteiger partial charge >= 0.3 is 0 Å². The van der Waals surface area contributed by atoms with Crippen molar-refractivity contribution in [1.82, 2.24) is 4.90 Å². The molecule has 41 heavy (non-hydrogen) atoms. The van der Waals surface area contributed by atoms with Gasteiger partial charge in [0.05, 0.1) is 18.8 Å². The van der Waals surface area contributed by atoms with E-state index in [4.69, 9.17) is 16.6 Å². The Kier molecular flexibility index (Phi) is 12.5. The number of likely N-dealkylation sites (N-methyl/N-ethyl adjacent to an activating group) is 1. The van der Waals surface area contributed by atoms with E-state index in [0.717, 1.165) is 38.8 Å². The van der Waals surface area contributed by atoms with E-state index < -0.39 is 12.1 Å². The van der Waals surface area contributed by atoms with Crippen LogP contribution in [0.1, 0.15) is 113 Å². The van der Waals surface area contributed by atoms with Crippen LogP contribution in [0.3, 0.4) is 0 Å². The third kappa shape index (κ3) is 9.03. The number of fused-ring (bicyclic) bond motifs is 2. The molecule has 1 amide bonds. The molecule has 6 atom stereocenters. The Morgan fingerprint density at radius 1 is 1.05 bits per heavy atom. The van der Waals surface area contributed by atoms with Crippen LogP contribution < -0.4 is 16.8 Å². The molecule has 7 N–H and O–H groups in total. The number of carbonyl (C=O) groups excluding carboxylic acids is 1. The third-order valence-corrected chi connectivity index (χ3v) is 9.95. The molecule has 1 aromatic carbocycles. The van der Waals surface area contributed by atoms with E-state index in [1.54, 1.807) is 0 Å². The van der Waals surface area contributed by atoms with Crippen molar-refractivity contribution in [2.75, 3.05) is 32.1 Å². The zero-order chi connectivity index (χ0) is 29.2. The molecule has 7 heteroatoms. The Labute approximate surface area is 248 Å². The Hall–Kier alpha value is -1.93. The highest BCUT2D eigenvalue weighted by molar-refractivity contribution is 5.81. The third-order valence-electron chi connectivity index (χ3n) is 9.95. The second-order valence-electron chi connectivity index (χ2n) is 13.2. The number of unbranched alkanes of at least 4 members (excludes halogenated alkanes) is 8. The first-order chi connectivity index (χ1) is 19.9. The SMILES string of the molecule is CN1C[C@H](CC(CCCCCCCCCCCC(O)C(N)CO)CCC(N)=O)C=C2c3cccc4c3C(CN4)C[C@H]21. The molecule has 2 aliphatic heterocycles. The number of nitrogens with one attached hydrogen (secondary N) is 1. The van der Waals surface area contributed by atoms with E-state index in [0.29, 0.717) is 36.6 Å². The van der Waals surface area contributed by atoms with Crippen molar-refractivity contribution in [1.29, 1.82) is 0 Å². The van der Waals surface area contributed by atoms with Gasteiger partial charge in [-0.25, -0.2) is 0 Å². The predicted molar refractivity (Wildman–Crippen MR) is 169 cm³/mol. The van der Waals surface area contributed by atoms with E-state index in [9.17, 15) is 9.90 Å². The van der Waals surface area contributed by atoms with E-state index >= 15 is 0 Å². The number of rotatable bonds is 19. The zero-order valence-corrected chi connectivity index (χ0v) is 25.4. The predicted octanol–water partition coefficient (Wildman–Crippen LogP) is 5.16. The van der Waals surface area contributed by atoms with Crippen molar-refractivity contribution in [3.05, 3.63) is 35.4 Å². The molecule has 0 saturated carbocycles. The smallest absolute Gasteiger partial charge is 0.217 e. The molecule has 4 unspecified atom stereocenters. The van der Waals surface area contributed by atoms with Crippen LogP contribution in [0.2, 0.25) is 0 Å². The van der Waals surface area contributed by atoms with E-state index in [-0.39, 0.29) is 12.5 Å². The summed E-state index contributed by atoms with van der Waals surface area (Å²) in [7, 11) is 2.30. The summed E-state index contributed by atoms with van der Waals surface area (Å²) in [5, 5.41) is 22.5. The number of primary amides is 1. The van der Waals surface area contributed by atoms with Gasteiger partial charge in [-0.1, -0.05) is 82.4 Å².